The van der Waals surface area contributed by atoms with E-state index >= 15 is 0 Å². The molecule has 0 unspecified atom stereocenters. The van der Waals surface area contributed by atoms with Crippen molar-refractivity contribution in [3.05, 3.63) is 42.1 Å². The summed E-state index contributed by atoms with van der Waals surface area (Å²) in [6.07, 6.45) is 5.63. The molecular formula is C21H27N5O2. The number of urea groups is 1. The van der Waals surface area contributed by atoms with Crippen molar-refractivity contribution < 1.29 is 9.59 Å². The Morgan fingerprint density at radius 2 is 1.79 bits per heavy atom. The molecule has 2 aliphatic heterocycles. The van der Waals surface area contributed by atoms with Crippen LogP contribution in [0, 0.1) is 5.92 Å². The number of likely N-dealkylation sites (tertiary alicyclic amines) is 2. The smallest absolute Gasteiger partial charge is 0.320 e. The number of hydrogen-bond donors (Lipinski definition) is 2. The number of aromatic nitrogens is 2. The maximum absolute atomic E-state index is 12.6. The number of H-pyrrole nitrogens is 1. The van der Waals surface area contributed by atoms with Crippen LogP contribution in [0.5, 0.6) is 0 Å². The second-order valence-corrected chi connectivity index (χ2v) is 7.65. The first-order valence-electron chi connectivity index (χ1n) is 10.1. The number of rotatable bonds is 4. The molecule has 1 aromatic carbocycles. The van der Waals surface area contributed by atoms with E-state index in [0.717, 1.165) is 62.1 Å². The summed E-state index contributed by atoms with van der Waals surface area (Å²) in [6.45, 7) is 3.48. The molecule has 0 spiro atoms. The molecule has 2 aliphatic rings. The molecule has 3 amide bonds. The van der Waals surface area contributed by atoms with Crippen LogP contribution < -0.4 is 5.32 Å². The first kappa shape index (κ1) is 18.5. The van der Waals surface area contributed by atoms with Crippen LogP contribution in [0.4, 0.5) is 4.79 Å². The fourth-order valence-corrected chi connectivity index (χ4v) is 4.03. The zero-order valence-corrected chi connectivity index (χ0v) is 16.1. The van der Waals surface area contributed by atoms with Crippen molar-refractivity contribution in [1.82, 2.24) is 25.3 Å². The van der Waals surface area contributed by atoms with Crippen molar-refractivity contribution in [2.24, 2.45) is 5.92 Å². The number of piperidine rings is 1. The van der Waals surface area contributed by atoms with E-state index in [1.165, 1.54) is 0 Å². The third-order valence-electron chi connectivity index (χ3n) is 5.67. The Balaban J connectivity index is 1.29. The van der Waals surface area contributed by atoms with Crippen LogP contribution in [-0.2, 0) is 11.3 Å². The van der Waals surface area contributed by atoms with Gasteiger partial charge in [-0.2, -0.15) is 5.10 Å². The number of carbonyl (C=O) groups is 2. The predicted octanol–water partition coefficient (Wildman–Crippen LogP) is 2.62. The average Bonchev–Trinajstić information content (AvgIpc) is 3.46. The topological polar surface area (TPSA) is 81.3 Å². The molecule has 7 heteroatoms. The summed E-state index contributed by atoms with van der Waals surface area (Å²) in [5.41, 5.74) is 3.09. The summed E-state index contributed by atoms with van der Waals surface area (Å²) in [5.74, 6) is -0.0823. The van der Waals surface area contributed by atoms with Crippen LogP contribution in [-0.4, -0.2) is 58.1 Å². The van der Waals surface area contributed by atoms with Crippen molar-refractivity contribution in [1.29, 1.82) is 0 Å². The van der Waals surface area contributed by atoms with Gasteiger partial charge in [0, 0.05) is 38.9 Å². The molecule has 1 atom stereocenters. The minimum absolute atomic E-state index is 0.0385. The molecule has 28 heavy (non-hydrogen) atoms. The number of hydrogen-bond acceptors (Lipinski definition) is 3. The number of nitrogens with one attached hydrogen (secondary N) is 2. The molecule has 148 valence electrons. The lowest BCUT2D eigenvalue weighted by Crippen LogP contribution is -2.49. The second kappa shape index (κ2) is 8.46. The molecule has 0 bridgehead atoms. The fourth-order valence-electron chi connectivity index (χ4n) is 4.03. The van der Waals surface area contributed by atoms with Crippen molar-refractivity contribution >= 4 is 11.9 Å². The molecule has 7 nitrogen and oxygen atoms in total. The normalized spacial score (nSPS) is 19.6. The molecule has 0 saturated carbocycles. The molecule has 2 aromatic rings. The molecule has 0 radical (unpaired) electrons. The Morgan fingerprint density at radius 1 is 1.04 bits per heavy atom. The summed E-state index contributed by atoms with van der Waals surface area (Å²) < 4.78 is 0. The Morgan fingerprint density at radius 3 is 2.50 bits per heavy atom. The number of aromatic amines is 1. The van der Waals surface area contributed by atoms with Crippen LogP contribution >= 0.6 is 0 Å². The minimum Gasteiger partial charge on any atom is -0.352 e. The minimum atomic E-state index is -0.121. The highest BCUT2D eigenvalue weighted by Crippen LogP contribution is 2.20. The van der Waals surface area contributed by atoms with E-state index in [-0.39, 0.29) is 17.9 Å². The van der Waals surface area contributed by atoms with E-state index < -0.39 is 0 Å². The maximum atomic E-state index is 12.6. The van der Waals surface area contributed by atoms with E-state index in [1.54, 1.807) is 6.20 Å². The lowest BCUT2D eigenvalue weighted by atomic mass is 9.97. The molecule has 2 fully saturated rings. The maximum Gasteiger partial charge on any atom is 0.320 e. The van der Waals surface area contributed by atoms with Gasteiger partial charge in [0.15, 0.2) is 0 Å². The van der Waals surface area contributed by atoms with Gasteiger partial charge in [-0.15, -0.1) is 0 Å². The van der Waals surface area contributed by atoms with Gasteiger partial charge in [0.05, 0.1) is 11.6 Å². The quantitative estimate of drug-likeness (QED) is 0.854. The van der Waals surface area contributed by atoms with Gasteiger partial charge in [0.1, 0.15) is 0 Å². The van der Waals surface area contributed by atoms with Crippen LogP contribution in [0.15, 0.2) is 36.5 Å². The Hall–Kier alpha value is -2.83. The zero-order chi connectivity index (χ0) is 19.3. The van der Waals surface area contributed by atoms with Crippen molar-refractivity contribution in [2.75, 3.05) is 26.2 Å². The van der Waals surface area contributed by atoms with E-state index in [4.69, 9.17) is 0 Å². The SMILES string of the molecule is O=C(NCc1ccc(-c2ccn[nH]2)cc1)[C@@H]1CCCN(C(=O)N2CCCC2)C1. The largest absolute Gasteiger partial charge is 0.352 e. The first-order chi connectivity index (χ1) is 13.7. The molecule has 2 saturated heterocycles. The molecule has 1 aromatic heterocycles. The number of carbonyl (C=O) groups excluding carboxylic acids is 2. The summed E-state index contributed by atoms with van der Waals surface area (Å²) in [6, 6.07) is 10.1. The molecule has 2 N–H and O–H groups in total. The van der Waals surface area contributed by atoms with Gasteiger partial charge in [-0.1, -0.05) is 24.3 Å². The molecule has 3 heterocycles. The van der Waals surface area contributed by atoms with Crippen molar-refractivity contribution in [2.45, 2.75) is 32.2 Å². The molecular weight excluding hydrogens is 354 g/mol. The first-order valence-corrected chi connectivity index (χ1v) is 10.1. The van der Waals surface area contributed by atoms with E-state index in [2.05, 4.69) is 15.5 Å². The van der Waals surface area contributed by atoms with E-state index in [0.29, 0.717) is 13.1 Å². The highest BCUT2D eigenvalue weighted by molar-refractivity contribution is 5.81. The molecule has 4 rings (SSSR count). The third-order valence-corrected chi connectivity index (χ3v) is 5.67. The zero-order valence-electron chi connectivity index (χ0n) is 16.1. The number of nitrogens with zero attached hydrogens (tertiary/aromatic N) is 3. The lowest BCUT2D eigenvalue weighted by Gasteiger charge is -2.34. The Labute approximate surface area is 165 Å². The number of amides is 3. The highest BCUT2D eigenvalue weighted by Gasteiger charge is 2.31. The van der Waals surface area contributed by atoms with Crippen LogP contribution in [0.3, 0.4) is 0 Å². The Bertz CT molecular complexity index is 797. The van der Waals surface area contributed by atoms with Crippen molar-refractivity contribution in [3.8, 4) is 11.3 Å². The summed E-state index contributed by atoms with van der Waals surface area (Å²) in [5, 5.41) is 9.95. The summed E-state index contributed by atoms with van der Waals surface area (Å²) in [7, 11) is 0. The second-order valence-electron chi connectivity index (χ2n) is 7.65. The van der Waals surface area contributed by atoms with Gasteiger partial charge >= 0.3 is 6.03 Å². The van der Waals surface area contributed by atoms with Gasteiger partial charge in [-0.25, -0.2) is 4.79 Å². The standard InChI is InChI=1S/C21H27N5O2/c27-20(18-4-3-13-26(15-18)21(28)25-11-1-2-12-25)22-14-16-5-7-17(8-6-16)19-9-10-23-24-19/h5-10,18H,1-4,11-15H2,(H,22,27)(H,23,24)/t18-/m1/s1. The monoisotopic (exact) mass is 381 g/mol. The highest BCUT2D eigenvalue weighted by atomic mass is 16.2. The Kier molecular flexibility index (Phi) is 5.60. The van der Waals surface area contributed by atoms with E-state index in [1.807, 2.05) is 40.1 Å². The summed E-state index contributed by atoms with van der Waals surface area (Å²) >= 11 is 0. The van der Waals surface area contributed by atoms with Gasteiger partial charge in [0.2, 0.25) is 5.91 Å². The third kappa shape index (κ3) is 4.18. The average molecular weight is 381 g/mol. The molecule has 0 aliphatic carbocycles. The van der Waals surface area contributed by atoms with E-state index in [9.17, 15) is 9.59 Å². The predicted molar refractivity (Wildman–Crippen MR) is 106 cm³/mol. The number of benzene rings is 1. The summed E-state index contributed by atoms with van der Waals surface area (Å²) in [4.78, 5) is 29.0. The van der Waals surface area contributed by atoms with Crippen LogP contribution in [0.25, 0.3) is 11.3 Å². The van der Waals surface area contributed by atoms with Gasteiger partial charge in [0.25, 0.3) is 0 Å². The van der Waals surface area contributed by atoms with Gasteiger partial charge < -0.3 is 15.1 Å². The van der Waals surface area contributed by atoms with Crippen LogP contribution in [0.2, 0.25) is 0 Å². The van der Waals surface area contributed by atoms with Gasteiger partial charge in [-0.05, 0) is 42.9 Å². The fraction of sp³-hybridized carbons (Fsp3) is 0.476. The van der Waals surface area contributed by atoms with Gasteiger partial charge in [-0.3, -0.25) is 9.89 Å². The van der Waals surface area contributed by atoms with Crippen LogP contribution in [0.1, 0.15) is 31.2 Å². The van der Waals surface area contributed by atoms with Crippen molar-refractivity contribution in [3.63, 3.8) is 0 Å². The lowest BCUT2D eigenvalue weighted by molar-refractivity contribution is -0.126.